The zero-order valence-corrected chi connectivity index (χ0v) is 10.6. The van der Waals surface area contributed by atoms with Gasteiger partial charge in [-0.3, -0.25) is 0 Å². The second kappa shape index (κ2) is 5.37. The summed E-state index contributed by atoms with van der Waals surface area (Å²) >= 11 is 0. The summed E-state index contributed by atoms with van der Waals surface area (Å²) < 4.78 is 2.19. The lowest BCUT2D eigenvalue weighted by Gasteiger charge is -2.03. The monoisotopic (exact) mass is 238 g/mol. The molecule has 0 bridgehead atoms. The van der Waals surface area contributed by atoms with Crippen molar-refractivity contribution in [3.05, 3.63) is 36.0 Å². The highest BCUT2D eigenvalue weighted by molar-refractivity contribution is 5.85. The number of benzene rings is 1. The Morgan fingerprint density at radius 3 is 2.69 bits per heavy atom. The third kappa shape index (κ3) is 2.57. The lowest BCUT2D eigenvalue weighted by Crippen LogP contribution is -2.15. The van der Waals surface area contributed by atoms with E-state index in [1.54, 1.807) is 0 Å². The first-order chi connectivity index (χ1) is 7.18. The Morgan fingerprint density at radius 1 is 1.31 bits per heavy atom. The number of nitrogens with zero attached hydrogens (tertiary/aromatic N) is 1. The number of halogens is 1. The van der Waals surface area contributed by atoms with Crippen molar-refractivity contribution in [2.24, 2.45) is 12.8 Å². The third-order valence-corrected chi connectivity index (χ3v) is 2.85. The second-order valence-electron chi connectivity index (χ2n) is 4.30. The van der Waals surface area contributed by atoms with Gasteiger partial charge in [0.1, 0.15) is 0 Å². The van der Waals surface area contributed by atoms with E-state index in [4.69, 9.17) is 5.73 Å². The molecule has 1 atom stereocenters. The van der Waals surface area contributed by atoms with Gasteiger partial charge in [0.2, 0.25) is 0 Å². The maximum Gasteiger partial charge on any atom is 0.0480 e. The molecule has 0 aliphatic heterocycles. The van der Waals surface area contributed by atoms with Crippen LogP contribution in [0.15, 0.2) is 30.5 Å². The van der Waals surface area contributed by atoms with Gasteiger partial charge in [-0.15, -0.1) is 12.4 Å². The summed E-state index contributed by atoms with van der Waals surface area (Å²) in [7, 11) is 2.09. The summed E-state index contributed by atoms with van der Waals surface area (Å²) in [5.74, 6) is 0. The molecule has 1 aromatic carbocycles. The molecule has 1 heterocycles. The van der Waals surface area contributed by atoms with Crippen molar-refractivity contribution in [1.29, 1.82) is 0 Å². The van der Waals surface area contributed by atoms with Crippen LogP contribution in [0.5, 0.6) is 0 Å². The summed E-state index contributed by atoms with van der Waals surface area (Å²) in [6.07, 6.45) is 4.33. The van der Waals surface area contributed by atoms with Gasteiger partial charge in [-0.1, -0.05) is 18.2 Å². The fourth-order valence-electron chi connectivity index (χ4n) is 2.01. The molecule has 3 heteroatoms. The van der Waals surface area contributed by atoms with Gasteiger partial charge in [-0.25, -0.2) is 0 Å². The maximum atomic E-state index is 5.78. The molecule has 1 unspecified atom stereocenters. The van der Waals surface area contributed by atoms with Gasteiger partial charge in [0, 0.05) is 30.2 Å². The van der Waals surface area contributed by atoms with E-state index in [1.807, 2.05) is 0 Å². The SMILES string of the molecule is CC(N)CCc1cn(C)c2ccccc12.Cl. The molecule has 2 rings (SSSR count). The van der Waals surface area contributed by atoms with E-state index < -0.39 is 0 Å². The molecular weight excluding hydrogens is 220 g/mol. The minimum atomic E-state index is 0. The first kappa shape index (κ1) is 13.1. The van der Waals surface area contributed by atoms with Gasteiger partial charge < -0.3 is 10.3 Å². The lowest BCUT2D eigenvalue weighted by atomic mass is 10.1. The molecule has 88 valence electrons. The molecule has 0 saturated carbocycles. The number of fused-ring (bicyclic) bond motifs is 1. The van der Waals surface area contributed by atoms with Crippen LogP contribution in [-0.4, -0.2) is 10.6 Å². The predicted molar refractivity (Wildman–Crippen MR) is 72.1 cm³/mol. The minimum absolute atomic E-state index is 0. The van der Waals surface area contributed by atoms with Crippen LogP contribution < -0.4 is 5.73 Å². The summed E-state index contributed by atoms with van der Waals surface area (Å²) in [6.45, 7) is 2.06. The second-order valence-corrected chi connectivity index (χ2v) is 4.30. The molecule has 0 fully saturated rings. The minimum Gasteiger partial charge on any atom is -0.350 e. The Hall–Kier alpha value is -0.990. The Bertz CT molecular complexity index is 460. The van der Waals surface area contributed by atoms with Crippen molar-refractivity contribution < 1.29 is 0 Å². The average molecular weight is 239 g/mol. The molecule has 16 heavy (non-hydrogen) atoms. The van der Waals surface area contributed by atoms with Crippen LogP contribution in [0.2, 0.25) is 0 Å². The van der Waals surface area contributed by atoms with E-state index in [0.717, 1.165) is 12.8 Å². The van der Waals surface area contributed by atoms with Crippen LogP contribution in [0, 0.1) is 0 Å². The number of nitrogens with two attached hydrogens (primary N) is 1. The average Bonchev–Trinajstić information content (AvgIpc) is 2.54. The Labute approximate surface area is 103 Å². The third-order valence-electron chi connectivity index (χ3n) is 2.85. The fourth-order valence-corrected chi connectivity index (χ4v) is 2.01. The van der Waals surface area contributed by atoms with E-state index in [0.29, 0.717) is 0 Å². The van der Waals surface area contributed by atoms with Crippen LogP contribution in [-0.2, 0) is 13.5 Å². The number of hydrogen-bond acceptors (Lipinski definition) is 1. The van der Waals surface area contributed by atoms with Crippen molar-refractivity contribution in [2.45, 2.75) is 25.8 Å². The summed E-state index contributed by atoms with van der Waals surface area (Å²) in [6, 6.07) is 8.80. The molecule has 0 amide bonds. The summed E-state index contributed by atoms with van der Waals surface area (Å²) in [5.41, 5.74) is 8.50. The Kier molecular flexibility index (Phi) is 4.39. The largest absolute Gasteiger partial charge is 0.350 e. The molecule has 0 saturated heterocycles. The first-order valence-electron chi connectivity index (χ1n) is 5.47. The molecule has 2 aromatic rings. The molecule has 1 aromatic heterocycles. The summed E-state index contributed by atoms with van der Waals surface area (Å²) in [4.78, 5) is 0. The maximum absolute atomic E-state index is 5.78. The van der Waals surface area contributed by atoms with Crippen molar-refractivity contribution >= 4 is 23.3 Å². The molecule has 2 N–H and O–H groups in total. The smallest absolute Gasteiger partial charge is 0.0480 e. The van der Waals surface area contributed by atoms with Crippen LogP contribution >= 0.6 is 12.4 Å². The highest BCUT2D eigenvalue weighted by Crippen LogP contribution is 2.21. The zero-order valence-electron chi connectivity index (χ0n) is 9.81. The summed E-state index contributed by atoms with van der Waals surface area (Å²) in [5, 5.41) is 1.36. The van der Waals surface area contributed by atoms with Crippen molar-refractivity contribution in [3.63, 3.8) is 0 Å². The number of para-hydroxylation sites is 1. The topological polar surface area (TPSA) is 30.9 Å². The van der Waals surface area contributed by atoms with Gasteiger partial charge in [0.05, 0.1) is 0 Å². The number of hydrogen-bond donors (Lipinski definition) is 1. The van der Waals surface area contributed by atoms with Gasteiger partial charge in [-0.2, -0.15) is 0 Å². The van der Waals surface area contributed by atoms with E-state index in [1.165, 1.54) is 16.5 Å². The van der Waals surface area contributed by atoms with E-state index >= 15 is 0 Å². The van der Waals surface area contributed by atoms with Gasteiger partial charge in [-0.05, 0) is 31.4 Å². The van der Waals surface area contributed by atoms with Gasteiger partial charge in [0.25, 0.3) is 0 Å². The van der Waals surface area contributed by atoms with Crippen molar-refractivity contribution in [1.82, 2.24) is 4.57 Å². The molecule has 2 nitrogen and oxygen atoms in total. The quantitative estimate of drug-likeness (QED) is 0.876. The standard InChI is InChI=1S/C13H18N2.ClH/c1-10(14)7-8-11-9-15(2)13-6-4-3-5-12(11)13;/h3-6,9-10H,7-8,14H2,1-2H3;1H. The number of aryl methyl sites for hydroxylation is 2. The number of rotatable bonds is 3. The van der Waals surface area contributed by atoms with Gasteiger partial charge in [0.15, 0.2) is 0 Å². The van der Waals surface area contributed by atoms with E-state index in [-0.39, 0.29) is 18.4 Å². The van der Waals surface area contributed by atoms with Crippen LogP contribution in [0.4, 0.5) is 0 Å². The Morgan fingerprint density at radius 2 is 2.00 bits per heavy atom. The first-order valence-corrected chi connectivity index (χ1v) is 5.47. The van der Waals surface area contributed by atoms with Crippen molar-refractivity contribution in [2.75, 3.05) is 0 Å². The molecule has 0 aliphatic carbocycles. The molecular formula is C13H19ClN2. The van der Waals surface area contributed by atoms with Gasteiger partial charge >= 0.3 is 0 Å². The highest BCUT2D eigenvalue weighted by atomic mass is 35.5. The van der Waals surface area contributed by atoms with Crippen LogP contribution in [0.25, 0.3) is 10.9 Å². The van der Waals surface area contributed by atoms with Crippen LogP contribution in [0.3, 0.4) is 0 Å². The van der Waals surface area contributed by atoms with E-state index in [9.17, 15) is 0 Å². The predicted octanol–water partition coefficient (Wildman–Crippen LogP) is 2.88. The normalized spacial score (nSPS) is 12.4. The lowest BCUT2D eigenvalue weighted by molar-refractivity contribution is 0.667. The zero-order chi connectivity index (χ0) is 10.8. The van der Waals surface area contributed by atoms with Crippen molar-refractivity contribution in [3.8, 4) is 0 Å². The highest BCUT2D eigenvalue weighted by Gasteiger charge is 2.05. The fraction of sp³-hybridized carbons (Fsp3) is 0.385. The van der Waals surface area contributed by atoms with Crippen LogP contribution in [0.1, 0.15) is 18.9 Å². The Balaban J connectivity index is 0.00000128. The number of aromatic nitrogens is 1. The molecule has 0 spiro atoms. The van der Waals surface area contributed by atoms with E-state index in [2.05, 4.69) is 49.0 Å². The molecule has 0 aliphatic rings. The molecule has 0 radical (unpaired) electrons.